The number of hydrogen-bond acceptors (Lipinski definition) is 8. The van der Waals surface area contributed by atoms with E-state index in [-0.39, 0.29) is 19.8 Å². The summed E-state index contributed by atoms with van der Waals surface area (Å²) in [5.41, 5.74) is 1.16. The highest BCUT2D eigenvalue weighted by Gasteiger charge is 2.30. The Bertz CT molecular complexity index is 904. The number of fused-ring (bicyclic) bond motifs is 1. The Morgan fingerprint density at radius 1 is 1.31 bits per heavy atom. The molecule has 0 spiro atoms. The van der Waals surface area contributed by atoms with Gasteiger partial charge in [0.1, 0.15) is 29.6 Å². The van der Waals surface area contributed by atoms with Crippen molar-refractivity contribution in [2.24, 2.45) is 0 Å². The van der Waals surface area contributed by atoms with Crippen molar-refractivity contribution in [3.8, 4) is 0 Å². The molecule has 0 fully saturated rings. The molecule has 2 atom stereocenters. The van der Waals surface area contributed by atoms with Gasteiger partial charge in [0.2, 0.25) is 0 Å². The first kappa shape index (κ1) is 27.0. The second kappa shape index (κ2) is 14.1. The summed E-state index contributed by atoms with van der Waals surface area (Å²) in [6, 6.07) is 9.59. The highest BCUT2D eigenvalue weighted by molar-refractivity contribution is 5.70. The van der Waals surface area contributed by atoms with Crippen LogP contribution >= 0.6 is 0 Å². The third kappa shape index (κ3) is 8.52. The first-order chi connectivity index (χ1) is 17.1. The summed E-state index contributed by atoms with van der Waals surface area (Å²) in [4.78, 5) is 22.9. The van der Waals surface area contributed by atoms with Crippen molar-refractivity contribution < 1.29 is 19.0 Å². The van der Waals surface area contributed by atoms with Crippen molar-refractivity contribution >= 4 is 17.9 Å². The number of aliphatic hydroxyl groups excluding tert-OH is 1. The summed E-state index contributed by atoms with van der Waals surface area (Å²) in [6.07, 6.45) is 6.39. The van der Waals surface area contributed by atoms with Gasteiger partial charge in [-0.2, -0.15) is 0 Å². The zero-order chi connectivity index (χ0) is 24.9. The fourth-order valence-electron chi connectivity index (χ4n) is 4.31. The Labute approximate surface area is 207 Å². The number of alkyl halides is 1. The molecule has 3 heterocycles. The molecule has 1 aliphatic rings. The number of aliphatic hydroxyl groups is 1. The van der Waals surface area contributed by atoms with E-state index >= 15 is 0 Å². The fourth-order valence-corrected chi connectivity index (χ4v) is 4.31. The molecule has 35 heavy (non-hydrogen) atoms. The van der Waals surface area contributed by atoms with E-state index in [1.807, 2.05) is 4.90 Å². The van der Waals surface area contributed by atoms with Crippen LogP contribution in [0.4, 0.5) is 16.0 Å². The number of aromatic nitrogens is 2. The van der Waals surface area contributed by atoms with E-state index in [2.05, 4.69) is 27.8 Å². The Morgan fingerprint density at radius 3 is 2.94 bits per heavy atom. The van der Waals surface area contributed by atoms with Crippen molar-refractivity contribution in [2.75, 3.05) is 57.1 Å². The summed E-state index contributed by atoms with van der Waals surface area (Å²) in [5, 5.41) is 16.4. The minimum absolute atomic E-state index is 0.0214. The number of aldehydes is 1. The van der Waals surface area contributed by atoms with Crippen molar-refractivity contribution in [3.05, 3.63) is 47.8 Å². The number of nitrogens with zero attached hydrogens (tertiary/aromatic N) is 3. The lowest BCUT2D eigenvalue weighted by Crippen LogP contribution is -2.47. The van der Waals surface area contributed by atoms with Gasteiger partial charge in [-0.25, -0.2) is 14.4 Å². The first-order valence-corrected chi connectivity index (χ1v) is 12.4. The van der Waals surface area contributed by atoms with Crippen molar-refractivity contribution in [1.29, 1.82) is 0 Å². The number of aryl methyl sites for hydroxylation is 2. The number of hydrogen-bond donors (Lipinski definition) is 3. The van der Waals surface area contributed by atoms with Crippen molar-refractivity contribution in [2.45, 2.75) is 50.2 Å². The van der Waals surface area contributed by atoms with E-state index in [1.54, 1.807) is 24.4 Å². The maximum atomic E-state index is 14.4. The number of methoxy groups -OCH3 is 1. The van der Waals surface area contributed by atoms with Gasteiger partial charge in [0.05, 0.1) is 13.2 Å². The van der Waals surface area contributed by atoms with E-state index in [0.717, 1.165) is 56.4 Å². The van der Waals surface area contributed by atoms with Gasteiger partial charge in [-0.3, -0.25) is 0 Å². The largest absolute Gasteiger partial charge is 0.393 e. The quantitative estimate of drug-likeness (QED) is 0.246. The summed E-state index contributed by atoms with van der Waals surface area (Å²) in [7, 11) is 1.48. The third-order valence-corrected chi connectivity index (χ3v) is 6.34. The van der Waals surface area contributed by atoms with Gasteiger partial charge in [-0.05, 0) is 68.8 Å². The highest BCUT2D eigenvalue weighted by atomic mass is 19.1. The average Bonchev–Trinajstić information content (AvgIpc) is 2.89. The molecule has 0 amide bonds. The number of nitrogens with one attached hydrogen (secondary N) is 2. The van der Waals surface area contributed by atoms with Crippen LogP contribution in [0, 0.1) is 0 Å². The van der Waals surface area contributed by atoms with Crippen LogP contribution in [0.15, 0.2) is 36.5 Å². The molecular weight excluding hydrogens is 449 g/mol. The van der Waals surface area contributed by atoms with Gasteiger partial charge in [-0.15, -0.1) is 0 Å². The van der Waals surface area contributed by atoms with Crippen molar-refractivity contribution in [3.63, 3.8) is 0 Å². The van der Waals surface area contributed by atoms with E-state index in [9.17, 15) is 14.3 Å². The predicted octanol–water partition coefficient (Wildman–Crippen LogP) is 2.88. The smallest absolute Gasteiger partial charge is 0.147 e. The van der Waals surface area contributed by atoms with E-state index in [0.29, 0.717) is 25.3 Å². The molecule has 2 aromatic rings. The van der Waals surface area contributed by atoms with Gasteiger partial charge in [0, 0.05) is 38.6 Å². The molecule has 8 nitrogen and oxygen atoms in total. The zero-order valence-corrected chi connectivity index (χ0v) is 20.6. The molecular formula is C26H38FN5O3. The van der Waals surface area contributed by atoms with E-state index < -0.39 is 11.7 Å². The predicted molar refractivity (Wildman–Crippen MR) is 136 cm³/mol. The summed E-state index contributed by atoms with van der Waals surface area (Å²) in [6.45, 7) is 1.94. The molecule has 0 aliphatic carbocycles. The Balaban J connectivity index is 1.54. The van der Waals surface area contributed by atoms with Crippen molar-refractivity contribution in [1.82, 2.24) is 14.9 Å². The zero-order valence-electron chi connectivity index (χ0n) is 20.6. The van der Waals surface area contributed by atoms with Crippen LogP contribution in [0.5, 0.6) is 0 Å². The number of unbranched alkanes of at least 4 members (excludes halogenated alkanes) is 1. The molecule has 0 unspecified atom stereocenters. The Kier molecular flexibility index (Phi) is 10.8. The molecule has 1 aliphatic heterocycles. The SMILES string of the molecule is COC[C@@H](F)CN(CCCCc1ccc2c(n1)NCCC2)CC[C@@](C=O)(CO)Nc1ccccn1. The van der Waals surface area contributed by atoms with Gasteiger partial charge < -0.3 is 30.2 Å². The van der Waals surface area contributed by atoms with E-state index in [1.165, 1.54) is 12.7 Å². The van der Waals surface area contributed by atoms with Crippen LogP contribution in [0.1, 0.15) is 36.9 Å². The second-order valence-electron chi connectivity index (χ2n) is 9.17. The molecule has 0 saturated carbocycles. The average molecular weight is 488 g/mol. The lowest BCUT2D eigenvalue weighted by molar-refractivity contribution is -0.113. The molecule has 0 aromatic carbocycles. The molecule has 3 N–H and O–H groups in total. The van der Waals surface area contributed by atoms with Gasteiger partial charge in [-0.1, -0.05) is 12.1 Å². The topological polar surface area (TPSA) is 99.6 Å². The number of anilines is 2. The van der Waals surface area contributed by atoms with Gasteiger partial charge in [0.25, 0.3) is 0 Å². The molecule has 192 valence electrons. The van der Waals surface area contributed by atoms with E-state index in [4.69, 9.17) is 9.72 Å². The molecule has 3 rings (SSSR count). The maximum Gasteiger partial charge on any atom is 0.147 e. The Hall–Kier alpha value is -2.62. The number of carbonyl (C=O) groups is 1. The minimum Gasteiger partial charge on any atom is -0.393 e. The highest BCUT2D eigenvalue weighted by Crippen LogP contribution is 2.21. The maximum absolute atomic E-state index is 14.4. The second-order valence-corrected chi connectivity index (χ2v) is 9.17. The number of halogens is 1. The number of rotatable bonds is 16. The summed E-state index contributed by atoms with van der Waals surface area (Å²) < 4.78 is 19.4. The van der Waals surface area contributed by atoms with Crippen LogP contribution in [-0.2, 0) is 22.4 Å². The fraction of sp³-hybridized carbons (Fsp3) is 0.577. The molecule has 0 saturated heterocycles. The lowest BCUT2D eigenvalue weighted by Gasteiger charge is -2.31. The number of pyridine rings is 2. The third-order valence-electron chi connectivity index (χ3n) is 6.34. The van der Waals surface area contributed by atoms with Gasteiger partial charge in [0.15, 0.2) is 0 Å². The lowest BCUT2D eigenvalue weighted by atomic mass is 9.97. The molecule has 9 heteroatoms. The van der Waals surface area contributed by atoms with Crippen LogP contribution < -0.4 is 10.6 Å². The first-order valence-electron chi connectivity index (χ1n) is 12.4. The number of carbonyl (C=O) groups excluding carboxylic acids is 1. The van der Waals surface area contributed by atoms with Crippen LogP contribution in [0.25, 0.3) is 0 Å². The summed E-state index contributed by atoms with van der Waals surface area (Å²) >= 11 is 0. The standard InChI is InChI=1S/C26H38FN5O3/c1-35-18-22(27)17-32(16-12-26(19-33,20-34)31-24-9-2-4-13-28-24)15-5-3-8-23-11-10-21-7-6-14-29-25(21)30-23/h2,4,9-11,13,19,22,34H,3,5-8,12,14-18,20H2,1H3,(H,28,31)(H,29,30)/t22-,26+/m0/s1. The molecule has 2 aromatic heterocycles. The summed E-state index contributed by atoms with van der Waals surface area (Å²) in [5.74, 6) is 1.51. The Morgan fingerprint density at radius 2 is 2.20 bits per heavy atom. The molecule has 0 bridgehead atoms. The van der Waals surface area contributed by atoms with Crippen LogP contribution in [-0.4, -0.2) is 84.5 Å². The molecule has 0 radical (unpaired) electrons. The van der Waals surface area contributed by atoms with Crippen LogP contribution in [0.3, 0.4) is 0 Å². The normalized spacial score (nSPS) is 15.7. The minimum atomic E-state index is -1.18. The van der Waals surface area contributed by atoms with Gasteiger partial charge >= 0.3 is 0 Å². The monoisotopic (exact) mass is 487 g/mol. The number of ether oxygens (including phenoxy) is 1. The van der Waals surface area contributed by atoms with Crippen LogP contribution in [0.2, 0.25) is 0 Å².